The van der Waals surface area contributed by atoms with Gasteiger partial charge in [-0.2, -0.15) is 4.98 Å². The number of ether oxygens (including phenoxy) is 1. The molecular weight excluding hydrogens is 322 g/mol. The van der Waals surface area contributed by atoms with E-state index < -0.39 is 0 Å². The van der Waals surface area contributed by atoms with Crippen molar-refractivity contribution in [3.05, 3.63) is 29.8 Å². The Morgan fingerprint density at radius 2 is 2.18 bits per heavy atom. The molecule has 8 heteroatoms. The molecule has 1 aromatic carbocycles. The maximum absolute atomic E-state index is 11.3. The molecule has 2 rings (SSSR count). The highest BCUT2D eigenvalue weighted by Gasteiger charge is 2.12. The summed E-state index contributed by atoms with van der Waals surface area (Å²) < 4.78 is 5.38. The van der Waals surface area contributed by atoms with Crippen molar-refractivity contribution < 1.29 is 14.6 Å². The lowest BCUT2D eigenvalue weighted by Crippen LogP contribution is -2.06. The number of hydrogen-bond acceptors (Lipinski definition) is 8. The van der Waals surface area contributed by atoms with Gasteiger partial charge in [-0.3, -0.25) is 4.79 Å². The van der Waals surface area contributed by atoms with E-state index >= 15 is 0 Å². The number of azo groups is 1. The van der Waals surface area contributed by atoms with E-state index in [1.165, 1.54) is 23.1 Å². The van der Waals surface area contributed by atoms with Gasteiger partial charge in [0.05, 0.1) is 18.0 Å². The summed E-state index contributed by atoms with van der Waals surface area (Å²) in [5, 5.41) is 18.2. The van der Waals surface area contributed by atoms with E-state index in [2.05, 4.69) is 15.2 Å². The van der Waals surface area contributed by atoms with Crippen LogP contribution in [0.25, 0.3) is 0 Å². The van der Waals surface area contributed by atoms with Gasteiger partial charge < -0.3 is 9.84 Å². The largest absolute Gasteiger partial charge is 0.491 e. The van der Waals surface area contributed by atoms with Gasteiger partial charge in [-0.1, -0.05) is 41.3 Å². The number of carbonyl (C=O) groups excluding carboxylic acids is 1. The number of carbonyl (C=O) groups is 1. The van der Waals surface area contributed by atoms with Crippen LogP contribution >= 0.6 is 23.1 Å². The molecule has 0 amide bonds. The van der Waals surface area contributed by atoms with E-state index in [0.717, 1.165) is 11.3 Å². The van der Waals surface area contributed by atoms with Gasteiger partial charge in [-0.15, -0.1) is 10.2 Å². The molecule has 1 heterocycles. The second-order valence-electron chi connectivity index (χ2n) is 4.19. The average Bonchev–Trinajstić information content (AvgIpc) is 2.85. The molecule has 0 saturated carbocycles. The third-order valence-electron chi connectivity index (χ3n) is 2.56. The number of aromatic nitrogens is 1. The zero-order valence-corrected chi connectivity index (χ0v) is 13.8. The Kier molecular flexibility index (Phi) is 5.91. The van der Waals surface area contributed by atoms with Gasteiger partial charge in [0.15, 0.2) is 4.34 Å². The van der Waals surface area contributed by atoms with Crippen LogP contribution in [0.5, 0.6) is 5.88 Å². The molecular formula is C14H15N3O3S2. The first-order chi connectivity index (χ1) is 10.6. The van der Waals surface area contributed by atoms with Crippen molar-refractivity contribution in [2.24, 2.45) is 10.2 Å². The number of thioether (sulfide) groups is 1. The summed E-state index contributed by atoms with van der Waals surface area (Å²) in [5.41, 5.74) is 1.73. The quantitative estimate of drug-likeness (QED) is 0.484. The zero-order chi connectivity index (χ0) is 15.9. The average molecular weight is 337 g/mol. The minimum Gasteiger partial charge on any atom is -0.491 e. The topological polar surface area (TPSA) is 84.1 Å². The standard InChI is InChI=1S/C14H15N3O3S2/c1-3-20-11(18)8-21-14-15-12(19)13(22-14)17-16-10-7-5-4-6-9(10)2/h4-7,19H,3,8H2,1-2H3. The third kappa shape index (κ3) is 4.54. The van der Waals surface area contributed by atoms with Crippen LogP contribution in [0.3, 0.4) is 0 Å². The van der Waals surface area contributed by atoms with Gasteiger partial charge in [0.2, 0.25) is 5.00 Å². The van der Waals surface area contributed by atoms with Crippen molar-refractivity contribution in [2.45, 2.75) is 18.2 Å². The SMILES string of the molecule is CCOC(=O)CSc1nc(O)c(N=Nc2ccccc2C)s1. The van der Waals surface area contributed by atoms with Crippen LogP contribution in [0.15, 0.2) is 38.8 Å². The highest BCUT2D eigenvalue weighted by molar-refractivity contribution is 8.01. The van der Waals surface area contributed by atoms with E-state index in [1.54, 1.807) is 6.92 Å². The summed E-state index contributed by atoms with van der Waals surface area (Å²) >= 11 is 2.38. The van der Waals surface area contributed by atoms with Crippen molar-refractivity contribution in [2.75, 3.05) is 12.4 Å². The molecule has 0 unspecified atom stereocenters. The molecule has 22 heavy (non-hydrogen) atoms. The first kappa shape index (κ1) is 16.4. The second-order valence-corrected chi connectivity index (χ2v) is 6.39. The molecule has 116 valence electrons. The molecule has 0 fully saturated rings. The van der Waals surface area contributed by atoms with Crippen LogP contribution in [0.2, 0.25) is 0 Å². The summed E-state index contributed by atoms with van der Waals surface area (Å²) in [7, 11) is 0. The first-order valence-electron chi connectivity index (χ1n) is 6.55. The van der Waals surface area contributed by atoms with Crippen molar-refractivity contribution >= 4 is 39.8 Å². The number of benzene rings is 1. The summed E-state index contributed by atoms with van der Waals surface area (Å²) in [4.78, 5) is 15.2. The van der Waals surface area contributed by atoms with Gasteiger partial charge in [-0.05, 0) is 25.5 Å². The fourth-order valence-corrected chi connectivity index (χ4v) is 3.15. The lowest BCUT2D eigenvalue weighted by atomic mass is 10.2. The maximum atomic E-state index is 11.3. The maximum Gasteiger partial charge on any atom is 0.316 e. The first-order valence-corrected chi connectivity index (χ1v) is 8.36. The number of thiazole rings is 1. The van der Waals surface area contributed by atoms with Crippen LogP contribution < -0.4 is 0 Å². The minimum atomic E-state index is -0.315. The van der Waals surface area contributed by atoms with Crippen molar-refractivity contribution in [1.82, 2.24) is 4.98 Å². The van der Waals surface area contributed by atoms with Gasteiger partial charge in [0.1, 0.15) is 0 Å². The molecule has 1 aromatic heterocycles. The monoisotopic (exact) mass is 337 g/mol. The molecule has 2 aromatic rings. The third-order valence-corrected chi connectivity index (χ3v) is 4.60. The molecule has 0 aliphatic carbocycles. The van der Waals surface area contributed by atoms with E-state index in [9.17, 15) is 9.90 Å². The number of esters is 1. The van der Waals surface area contributed by atoms with Crippen molar-refractivity contribution in [3.63, 3.8) is 0 Å². The van der Waals surface area contributed by atoms with Crippen LogP contribution in [-0.2, 0) is 9.53 Å². The summed E-state index contributed by atoms with van der Waals surface area (Å²) in [6, 6.07) is 7.56. The molecule has 0 atom stereocenters. The van der Waals surface area contributed by atoms with Crippen LogP contribution in [0.4, 0.5) is 10.7 Å². The lowest BCUT2D eigenvalue weighted by Gasteiger charge is -1.98. The normalized spacial score (nSPS) is 11.0. The number of nitrogens with zero attached hydrogens (tertiary/aromatic N) is 3. The molecule has 0 aliphatic rings. The molecule has 0 saturated heterocycles. The van der Waals surface area contributed by atoms with E-state index in [1.807, 2.05) is 31.2 Å². The Bertz CT molecular complexity index is 686. The van der Waals surface area contributed by atoms with Gasteiger partial charge in [0, 0.05) is 0 Å². The van der Waals surface area contributed by atoms with Gasteiger partial charge >= 0.3 is 5.97 Å². The predicted molar refractivity (Wildman–Crippen MR) is 86.5 cm³/mol. The van der Waals surface area contributed by atoms with Crippen LogP contribution in [-0.4, -0.2) is 28.4 Å². The predicted octanol–water partition coefficient (Wildman–Crippen LogP) is 4.23. The number of aromatic hydroxyl groups is 1. The van der Waals surface area contributed by atoms with E-state index in [-0.39, 0.29) is 17.6 Å². The molecule has 0 spiro atoms. The molecule has 0 radical (unpaired) electrons. The fourth-order valence-electron chi connectivity index (χ4n) is 1.51. The highest BCUT2D eigenvalue weighted by atomic mass is 32.2. The Morgan fingerprint density at radius 3 is 2.91 bits per heavy atom. The molecule has 6 nitrogen and oxygen atoms in total. The van der Waals surface area contributed by atoms with Crippen LogP contribution in [0, 0.1) is 6.92 Å². The minimum absolute atomic E-state index is 0.148. The summed E-state index contributed by atoms with van der Waals surface area (Å²) in [5.74, 6) is -0.353. The van der Waals surface area contributed by atoms with Crippen molar-refractivity contribution in [3.8, 4) is 5.88 Å². The summed E-state index contributed by atoms with van der Waals surface area (Å²) in [6.45, 7) is 4.03. The van der Waals surface area contributed by atoms with E-state index in [0.29, 0.717) is 15.9 Å². The van der Waals surface area contributed by atoms with Crippen LogP contribution in [0.1, 0.15) is 12.5 Å². The van der Waals surface area contributed by atoms with Gasteiger partial charge in [-0.25, -0.2) is 0 Å². The second kappa shape index (κ2) is 7.90. The van der Waals surface area contributed by atoms with Crippen molar-refractivity contribution in [1.29, 1.82) is 0 Å². The smallest absolute Gasteiger partial charge is 0.316 e. The Morgan fingerprint density at radius 1 is 1.41 bits per heavy atom. The lowest BCUT2D eigenvalue weighted by molar-refractivity contribution is -0.139. The number of aryl methyl sites for hydroxylation is 1. The van der Waals surface area contributed by atoms with E-state index in [4.69, 9.17) is 4.74 Å². The Labute approximate surface area is 136 Å². The fraction of sp³-hybridized carbons (Fsp3) is 0.286. The van der Waals surface area contributed by atoms with Gasteiger partial charge in [0.25, 0.3) is 5.88 Å². The molecule has 0 aliphatic heterocycles. The highest BCUT2D eigenvalue weighted by Crippen LogP contribution is 2.38. The Hall–Kier alpha value is -1.93. The number of hydrogen-bond donors (Lipinski definition) is 1. The Balaban J connectivity index is 2.04. The number of rotatable bonds is 6. The molecule has 1 N–H and O–H groups in total. The zero-order valence-electron chi connectivity index (χ0n) is 12.1. The molecule has 0 bridgehead atoms. The summed E-state index contributed by atoms with van der Waals surface area (Å²) in [6.07, 6.45) is 0.